The first-order chi connectivity index (χ1) is 13.3. The standard InChI is InChI=1S/C21H16N4OS/c26-17-10-6-7-15(13-17)14-22-25-20(23-16-8-2-1-3-9-16)21-24-18-11-4-5-12-19(18)27-21/h1-14,26H,(H,23,25). The third-order valence-corrected chi connectivity index (χ3v) is 4.79. The van der Waals surface area contributed by atoms with Gasteiger partial charge in [0, 0.05) is 0 Å². The lowest BCUT2D eigenvalue weighted by Gasteiger charge is -2.03. The van der Waals surface area contributed by atoms with E-state index in [1.165, 1.54) is 0 Å². The van der Waals surface area contributed by atoms with Crippen molar-refractivity contribution in [2.24, 2.45) is 10.1 Å². The summed E-state index contributed by atoms with van der Waals surface area (Å²) in [5, 5.41) is 14.6. The van der Waals surface area contributed by atoms with E-state index >= 15 is 0 Å². The van der Waals surface area contributed by atoms with Gasteiger partial charge in [0.15, 0.2) is 10.8 Å². The molecule has 1 aromatic heterocycles. The van der Waals surface area contributed by atoms with Crippen LogP contribution in [0.25, 0.3) is 10.2 Å². The summed E-state index contributed by atoms with van der Waals surface area (Å²) in [4.78, 5) is 9.32. The maximum absolute atomic E-state index is 9.56. The van der Waals surface area contributed by atoms with Gasteiger partial charge in [-0.15, -0.1) is 11.3 Å². The van der Waals surface area contributed by atoms with Gasteiger partial charge in [-0.1, -0.05) is 42.5 Å². The van der Waals surface area contributed by atoms with Crippen LogP contribution in [0.4, 0.5) is 5.69 Å². The van der Waals surface area contributed by atoms with Gasteiger partial charge in [0.25, 0.3) is 0 Å². The van der Waals surface area contributed by atoms with Crippen LogP contribution >= 0.6 is 11.3 Å². The van der Waals surface area contributed by atoms with E-state index in [4.69, 9.17) is 0 Å². The monoisotopic (exact) mass is 372 g/mol. The molecule has 3 aromatic carbocycles. The first kappa shape index (κ1) is 16.9. The number of fused-ring (bicyclic) bond motifs is 1. The van der Waals surface area contributed by atoms with Crippen molar-refractivity contribution >= 4 is 39.3 Å². The predicted octanol–water partition coefficient (Wildman–Crippen LogP) is 4.70. The topological polar surface area (TPSA) is 69.9 Å². The Balaban J connectivity index is 1.66. The first-order valence-electron chi connectivity index (χ1n) is 8.36. The van der Waals surface area contributed by atoms with Crippen LogP contribution in [0.2, 0.25) is 0 Å². The van der Waals surface area contributed by atoms with Crippen molar-refractivity contribution in [1.82, 2.24) is 10.4 Å². The normalized spacial score (nSPS) is 11.9. The van der Waals surface area contributed by atoms with Crippen molar-refractivity contribution < 1.29 is 5.11 Å². The van der Waals surface area contributed by atoms with Gasteiger partial charge >= 0.3 is 0 Å². The van der Waals surface area contributed by atoms with Crippen LogP contribution in [0, 0.1) is 0 Å². The number of nitrogens with zero attached hydrogens (tertiary/aromatic N) is 3. The fourth-order valence-corrected chi connectivity index (χ4v) is 3.40. The zero-order valence-corrected chi connectivity index (χ0v) is 15.1. The van der Waals surface area contributed by atoms with Gasteiger partial charge in [-0.05, 0) is 42.0 Å². The number of nitrogens with one attached hydrogen (secondary N) is 1. The lowest BCUT2D eigenvalue weighted by molar-refractivity contribution is 0.475. The molecular formula is C21H16N4OS. The maximum atomic E-state index is 9.56. The van der Waals surface area contributed by atoms with E-state index in [0.29, 0.717) is 5.84 Å². The van der Waals surface area contributed by atoms with Crippen LogP contribution in [0.3, 0.4) is 0 Å². The maximum Gasteiger partial charge on any atom is 0.183 e. The second kappa shape index (κ2) is 7.80. The summed E-state index contributed by atoms with van der Waals surface area (Å²) in [5.41, 5.74) is 5.52. The van der Waals surface area contributed by atoms with Crippen molar-refractivity contribution in [2.75, 3.05) is 0 Å². The number of aromatic nitrogens is 1. The molecule has 0 unspecified atom stereocenters. The van der Waals surface area contributed by atoms with E-state index in [9.17, 15) is 5.11 Å². The fraction of sp³-hybridized carbons (Fsp3) is 0. The van der Waals surface area contributed by atoms with Gasteiger partial charge in [-0.25, -0.2) is 9.98 Å². The summed E-state index contributed by atoms with van der Waals surface area (Å²) in [6.45, 7) is 0. The smallest absolute Gasteiger partial charge is 0.183 e. The molecule has 27 heavy (non-hydrogen) atoms. The Kier molecular flexibility index (Phi) is 4.89. The predicted molar refractivity (Wildman–Crippen MR) is 111 cm³/mol. The Hall–Kier alpha value is -3.51. The molecular weight excluding hydrogens is 356 g/mol. The second-order valence-corrected chi connectivity index (χ2v) is 6.78. The Morgan fingerprint density at radius 2 is 1.78 bits per heavy atom. The first-order valence-corrected chi connectivity index (χ1v) is 9.17. The Labute approximate surface area is 160 Å². The molecule has 0 radical (unpaired) electrons. The van der Waals surface area contributed by atoms with Crippen molar-refractivity contribution in [1.29, 1.82) is 0 Å². The fourth-order valence-electron chi connectivity index (χ4n) is 2.50. The van der Waals surface area contributed by atoms with Crippen molar-refractivity contribution in [3.05, 3.63) is 89.4 Å². The number of aromatic hydroxyl groups is 1. The van der Waals surface area contributed by atoms with E-state index in [-0.39, 0.29) is 5.75 Å². The molecule has 1 heterocycles. The van der Waals surface area contributed by atoms with E-state index in [1.54, 1.807) is 35.8 Å². The Morgan fingerprint density at radius 3 is 2.59 bits per heavy atom. The number of hydrazone groups is 1. The molecule has 0 fully saturated rings. The zero-order valence-electron chi connectivity index (χ0n) is 14.3. The van der Waals surface area contributed by atoms with Crippen molar-refractivity contribution in [3.63, 3.8) is 0 Å². The third kappa shape index (κ3) is 4.19. The minimum absolute atomic E-state index is 0.197. The molecule has 132 valence electrons. The molecule has 0 saturated carbocycles. The molecule has 0 bridgehead atoms. The van der Waals surface area contributed by atoms with Gasteiger partial charge in [-0.3, -0.25) is 5.43 Å². The summed E-state index contributed by atoms with van der Waals surface area (Å²) in [6.07, 6.45) is 1.63. The minimum Gasteiger partial charge on any atom is -0.508 e. The molecule has 2 N–H and O–H groups in total. The highest BCUT2D eigenvalue weighted by molar-refractivity contribution is 7.20. The highest BCUT2D eigenvalue weighted by atomic mass is 32.1. The molecule has 0 saturated heterocycles. The molecule has 0 aliphatic heterocycles. The number of hydrogen-bond acceptors (Lipinski definition) is 5. The van der Waals surface area contributed by atoms with Gasteiger partial charge in [0.1, 0.15) is 5.75 Å². The van der Waals surface area contributed by atoms with Crippen molar-refractivity contribution in [3.8, 4) is 5.75 Å². The molecule has 6 heteroatoms. The number of benzene rings is 3. The van der Waals surface area contributed by atoms with Crippen LogP contribution < -0.4 is 5.43 Å². The SMILES string of the molecule is Oc1cccc(C=NNC(=Nc2ccccc2)c2nc3ccccc3s2)c1. The largest absolute Gasteiger partial charge is 0.508 e. The molecule has 0 aliphatic carbocycles. The number of para-hydroxylation sites is 2. The molecule has 5 nitrogen and oxygen atoms in total. The number of rotatable bonds is 4. The van der Waals surface area contributed by atoms with Crippen molar-refractivity contribution in [2.45, 2.75) is 0 Å². The summed E-state index contributed by atoms with van der Waals surface area (Å²) in [5.74, 6) is 0.766. The number of phenolic OH excluding ortho intramolecular Hbond substituents is 1. The minimum atomic E-state index is 0.197. The van der Waals surface area contributed by atoms with Crippen LogP contribution in [0.15, 0.2) is 89.0 Å². The number of amidine groups is 1. The number of hydrogen-bond donors (Lipinski definition) is 2. The highest BCUT2D eigenvalue weighted by Gasteiger charge is 2.10. The van der Waals surface area contributed by atoms with Gasteiger partial charge in [0.2, 0.25) is 0 Å². The quantitative estimate of drug-likeness (QED) is 0.310. The van der Waals surface area contributed by atoms with Crippen LogP contribution in [0.1, 0.15) is 10.6 Å². The molecule has 0 atom stereocenters. The lowest BCUT2D eigenvalue weighted by Crippen LogP contribution is -2.18. The lowest BCUT2D eigenvalue weighted by atomic mass is 10.2. The molecule has 0 aliphatic rings. The van der Waals surface area contributed by atoms with Gasteiger partial charge < -0.3 is 5.11 Å². The summed E-state index contributed by atoms with van der Waals surface area (Å²) in [6, 6.07) is 24.5. The average Bonchev–Trinajstić information content (AvgIpc) is 3.12. The average molecular weight is 372 g/mol. The summed E-state index contributed by atoms with van der Waals surface area (Å²) < 4.78 is 1.09. The van der Waals surface area contributed by atoms with E-state index < -0.39 is 0 Å². The summed E-state index contributed by atoms with van der Waals surface area (Å²) in [7, 11) is 0. The molecule has 0 amide bonds. The van der Waals surface area contributed by atoms with Crippen LogP contribution in [-0.2, 0) is 0 Å². The van der Waals surface area contributed by atoms with E-state index in [0.717, 1.165) is 26.5 Å². The van der Waals surface area contributed by atoms with E-state index in [2.05, 4.69) is 20.5 Å². The van der Waals surface area contributed by atoms with Crippen LogP contribution in [-0.4, -0.2) is 22.1 Å². The van der Waals surface area contributed by atoms with Gasteiger partial charge in [-0.2, -0.15) is 5.10 Å². The number of thiazole rings is 1. The molecule has 4 rings (SSSR count). The van der Waals surface area contributed by atoms with Crippen LogP contribution in [0.5, 0.6) is 5.75 Å². The van der Waals surface area contributed by atoms with Gasteiger partial charge in [0.05, 0.1) is 22.1 Å². The third-order valence-electron chi connectivity index (χ3n) is 3.75. The Bertz CT molecular complexity index is 1090. The number of aliphatic imine (C=N–C) groups is 1. The molecule has 4 aromatic rings. The number of phenols is 1. The highest BCUT2D eigenvalue weighted by Crippen LogP contribution is 2.23. The molecule has 0 spiro atoms. The second-order valence-electron chi connectivity index (χ2n) is 5.75. The summed E-state index contributed by atoms with van der Waals surface area (Å²) >= 11 is 1.56. The zero-order chi connectivity index (χ0) is 18.5. The van der Waals surface area contributed by atoms with E-state index in [1.807, 2.05) is 60.7 Å². The Morgan fingerprint density at radius 1 is 0.963 bits per heavy atom.